The Morgan fingerprint density at radius 2 is 1.75 bits per heavy atom. The van der Waals surface area contributed by atoms with Gasteiger partial charge in [0.2, 0.25) is 5.91 Å². The van der Waals surface area contributed by atoms with Gasteiger partial charge in [-0.05, 0) is 46.1 Å². The quantitative estimate of drug-likeness (QED) is 0.720. The van der Waals surface area contributed by atoms with Gasteiger partial charge in [-0.25, -0.2) is 4.79 Å². The van der Waals surface area contributed by atoms with E-state index in [1.807, 2.05) is 0 Å². The molecule has 2 amide bonds. The number of carbonyl (C=O) groups excluding carboxylic acids is 2. The fourth-order valence-corrected chi connectivity index (χ4v) is 3.80. The maximum atomic E-state index is 13.3. The van der Waals surface area contributed by atoms with Gasteiger partial charge >= 0.3 is 12.3 Å². The highest BCUT2D eigenvalue weighted by Crippen LogP contribution is 2.45. The van der Waals surface area contributed by atoms with E-state index in [1.54, 1.807) is 25.7 Å². The number of hydrogen-bond acceptors (Lipinski definition) is 4. The third-order valence-electron chi connectivity index (χ3n) is 5.28. The summed E-state index contributed by atoms with van der Waals surface area (Å²) >= 11 is 0. The second-order valence-corrected chi connectivity index (χ2v) is 8.35. The summed E-state index contributed by atoms with van der Waals surface area (Å²) in [5.74, 6) is -0.312. The van der Waals surface area contributed by atoms with Crippen LogP contribution in [-0.2, 0) is 15.7 Å². The van der Waals surface area contributed by atoms with E-state index in [-0.39, 0.29) is 18.1 Å². The zero-order chi connectivity index (χ0) is 20.7. The number of anilines is 1. The van der Waals surface area contributed by atoms with Crippen molar-refractivity contribution >= 4 is 17.7 Å². The Morgan fingerprint density at radius 3 is 2.32 bits per heavy atom. The number of amides is 2. The molecule has 3 rings (SSSR count). The Hall–Kier alpha value is -2.32. The van der Waals surface area contributed by atoms with Crippen LogP contribution in [-0.4, -0.2) is 47.1 Å². The molecule has 0 atom stereocenters. The maximum Gasteiger partial charge on any atom is 0.419 e. The third-order valence-corrected chi connectivity index (χ3v) is 5.28. The molecule has 0 unspecified atom stereocenters. The van der Waals surface area contributed by atoms with Gasteiger partial charge in [0.15, 0.2) is 0 Å². The monoisotopic (exact) mass is 399 g/mol. The molecule has 2 fully saturated rings. The van der Waals surface area contributed by atoms with Gasteiger partial charge in [-0.15, -0.1) is 0 Å². The first kappa shape index (κ1) is 20.4. The minimum atomic E-state index is -4.58. The van der Waals surface area contributed by atoms with Crippen molar-refractivity contribution in [3.63, 3.8) is 0 Å². The van der Waals surface area contributed by atoms with Crippen molar-refractivity contribution in [1.29, 1.82) is 0 Å². The Morgan fingerprint density at radius 1 is 1.14 bits per heavy atom. The Kier molecular flexibility index (Phi) is 5.05. The fourth-order valence-electron chi connectivity index (χ4n) is 3.80. The topological polar surface area (TPSA) is 62.7 Å². The Bertz CT molecular complexity index is 766. The molecule has 0 aliphatic carbocycles. The highest BCUT2D eigenvalue weighted by Gasteiger charge is 2.50. The lowest BCUT2D eigenvalue weighted by Crippen LogP contribution is -2.48. The number of nitrogens with zero attached hydrogens (tertiary/aromatic N) is 3. The second kappa shape index (κ2) is 6.93. The third kappa shape index (κ3) is 3.93. The molecule has 0 saturated carbocycles. The van der Waals surface area contributed by atoms with Crippen LogP contribution in [0.4, 0.5) is 23.7 Å². The van der Waals surface area contributed by atoms with E-state index in [1.165, 1.54) is 17.2 Å². The molecule has 28 heavy (non-hydrogen) atoms. The van der Waals surface area contributed by atoms with Gasteiger partial charge in [0.1, 0.15) is 5.60 Å². The first-order valence-corrected chi connectivity index (χ1v) is 9.24. The van der Waals surface area contributed by atoms with Gasteiger partial charge in [0.05, 0.1) is 16.7 Å². The maximum absolute atomic E-state index is 13.3. The highest BCUT2D eigenvalue weighted by molar-refractivity contribution is 6.00. The van der Waals surface area contributed by atoms with E-state index in [2.05, 4.69) is 4.98 Å². The molecule has 0 aromatic carbocycles. The molecule has 1 spiro atoms. The number of hydrogen-bond donors (Lipinski definition) is 0. The van der Waals surface area contributed by atoms with E-state index in [9.17, 15) is 22.8 Å². The van der Waals surface area contributed by atoms with Crippen molar-refractivity contribution in [3.8, 4) is 0 Å². The number of likely N-dealkylation sites (tertiary alicyclic amines) is 1. The predicted octanol–water partition coefficient (Wildman–Crippen LogP) is 3.85. The van der Waals surface area contributed by atoms with Crippen molar-refractivity contribution in [3.05, 3.63) is 24.0 Å². The summed E-state index contributed by atoms with van der Waals surface area (Å²) in [6.07, 6.45) is -1.72. The van der Waals surface area contributed by atoms with Crippen LogP contribution in [0.25, 0.3) is 0 Å². The summed E-state index contributed by atoms with van der Waals surface area (Å²) in [6, 6.07) is 1.23. The highest BCUT2D eigenvalue weighted by atomic mass is 19.4. The Balaban J connectivity index is 1.73. The number of carbonyl (C=O) groups is 2. The van der Waals surface area contributed by atoms with Crippen molar-refractivity contribution in [2.45, 2.75) is 51.8 Å². The lowest BCUT2D eigenvalue weighted by atomic mass is 9.77. The summed E-state index contributed by atoms with van der Waals surface area (Å²) in [5, 5.41) is 0. The second-order valence-electron chi connectivity index (χ2n) is 8.35. The van der Waals surface area contributed by atoms with Gasteiger partial charge in [-0.1, -0.05) is 0 Å². The average molecular weight is 399 g/mol. The van der Waals surface area contributed by atoms with Gasteiger partial charge in [-0.3, -0.25) is 9.78 Å². The van der Waals surface area contributed by atoms with Crippen molar-refractivity contribution in [2.24, 2.45) is 5.41 Å². The normalized spacial score (nSPS) is 20.0. The smallest absolute Gasteiger partial charge is 0.419 e. The van der Waals surface area contributed by atoms with Crippen molar-refractivity contribution in [2.75, 3.05) is 24.5 Å². The average Bonchev–Trinajstić information content (AvgIpc) is 2.90. The van der Waals surface area contributed by atoms with E-state index >= 15 is 0 Å². The van der Waals surface area contributed by atoms with Crippen molar-refractivity contribution < 1.29 is 27.5 Å². The standard InChI is InChI=1S/C19H24F3N3O3/c1-17(2,3)28-16(27)24-9-5-18(6-10-24)7-11-25(15(18)26)14-4-8-23-12-13(14)19(20,21)22/h4,8,12H,5-7,9-11H2,1-3H3. The molecule has 2 aliphatic heterocycles. The fraction of sp³-hybridized carbons (Fsp3) is 0.632. The molecular weight excluding hydrogens is 375 g/mol. The molecule has 0 radical (unpaired) electrons. The first-order chi connectivity index (χ1) is 12.9. The number of pyridine rings is 1. The summed E-state index contributed by atoms with van der Waals surface area (Å²) in [6.45, 7) is 6.25. The van der Waals surface area contributed by atoms with E-state index in [0.717, 1.165) is 6.20 Å². The van der Waals surface area contributed by atoms with Gasteiger partial charge in [0, 0.05) is 32.0 Å². The number of halogens is 3. The molecule has 3 heterocycles. The van der Waals surface area contributed by atoms with Gasteiger partial charge in [0.25, 0.3) is 0 Å². The van der Waals surface area contributed by atoms with Crippen LogP contribution < -0.4 is 4.90 Å². The minimum Gasteiger partial charge on any atom is -0.444 e. The van der Waals surface area contributed by atoms with Crippen LogP contribution in [0, 0.1) is 5.41 Å². The molecule has 2 aliphatic rings. The molecule has 6 nitrogen and oxygen atoms in total. The van der Waals surface area contributed by atoms with Crippen LogP contribution in [0.3, 0.4) is 0 Å². The van der Waals surface area contributed by atoms with Crippen LogP contribution in [0.5, 0.6) is 0 Å². The molecule has 1 aromatic rings. The summed E-state index contributed by atoms with van der Waals surface area (Å²) in [7, 11) is 0. The summed E-state index contributed by atoms with van der Waals surface area (Å²) in [5.41, 5.74) is -2.41. The van der Waals surface area contributed by atoms with Crippen LogP contribution >= 0.6 is 0 Å². The van der Waals surface area contributed by atoms with Crippen LogP contribution in [0.15, 0.2) is 18.5 Å². The molecule has 0 N–H and O–H groups in total. The zero-order valence-corrected chi connectivity index (χ0v) is 16.2. The lowest BCUT2D eigenvalue weighted by Gasteiger charge is -2.38. The molecule has 154 valence electrons. The van der Waals surface area contributed by atoms with Gasteiger partial charge < -0.3 is 14.5 Å². The van der Waals surface area contributed by atoms with Crippen LogP contribution in [0.2, 0.25) is 0 Å². The number of aromatic nitrogens is 1. The van der Waals surface area contributed by atoms with E-state index < -0.39 is 28.8 Å². The first-order valence-electron chi connectivity index (χ1n) is 9.24. The molecule has 1 aromatic heterocycles. The molecule has 2 saturated heterocycles. The molecular formula is C19H24F3N3O3. The predicted molar refractivity (Wildman–Crippen MR) is 95.7 cm³/mol. The van der Waals surface area contributed by atoms with Gasteiger partial charge in [-0.2, -0.15) is 13.2 Å². The van der Waals surface area contributed by atoms with Crippen molar-refractivity contribution in [1.82, 2.24) is 9.88 Å². The number of rotatable bonds is 1. The van der Waals surface area contributed by atoms with E-state index in [0.29, 0.717) is 32.4 Å². The SMILES string of the molecule is CC(C)(C)OC(=O)N1CCC2(CC1)CCN(c1ccncc1C(F)(F)F)C2=O. The molecule has 0 bridgehead atoms. The van der Waals surface area contributed by atoms with E-state index in [4.69, 9.17) is 4.74 Å². The largest absolute Gasteiger partial charge is 0.444 e. The minimum absolute atomic E-state index is 0.154. The molecule has 9 heteroatoms. The summed E-state index contributed by atoms with van der Waals surface area (Å²) < 4.78 is 45.3. The number of alkyl halides is 3. The zero-order valence-electron chi connectivity index (χ0n) is 16.2. The Labute approximate surface area is 161 Å². The van der Waals surface area contributed by atoms with Crippen LogP contribution in [0.1, 0.15) is 45.6 Å². The number of piperidine rings is 1. The number of ether oxygens (including phenoxy) is 1. The summed E-state index contributed by atoms with van der Waals surface area (Å²) in [4.78, 5) is 31.6. The lowest BCUT2D eigenvalue weighted by molar-refractivity contribution is -0.137.